The summed E-state index contributed by atoms with van der Waals surface area (Å²) in [4.78, 5) is 0. The van der Waals surface area contributed by atoms with Crippen molar-refractivity contribution >= 4 is 0 Å². The Hall–Kier alpha value is -0.590. The van der Waals surface area contributed by atoms with Crippen molar-refractivity contribution in [3.63, 3.8) is 0 Å². The van der Waals surface area contributed by atoms with Gasteiger partial charge in [-0.15, -0.1) is 0 Å². The van der Waals surface area contributed by atoms with E-state index in [4.69, 9.17) is 10.00 Å². The zero-order chi connectivity index (χ0) is 11.6. The molecule has 0 radical (unpaired) electrons. The van der Waals surface area contributed by atoms with Crippen molar-refractivity contribution in [2.75, 3.05) is 26.8 Å². The predicted molar refractivity (Wildman–Crippen MR) is 62.6 cm³/mol. The number of unbranched alkanes of at least 4 members (excludes halogenated alkanes) is 2. The Balaban J connectivity index is 3.16. The first-order chi connectivity index (χ1) is 7.12. The highest BCUT2D eigenvalue weighted by molar-refractivity contribution is 4.91. The molecule has 0 atom stereocenters. The summed E-state index contributed by atoms with van der Waals surface area (Å²) in [6, 6.07) is 2.30. The highest BCUT2D eigenvalue weighted by Gasteiger charge is 2.14. The number of nitriles is 1. The summed E-state index contributed by atoms with van der Waals surface area (Å²) >= 11 is 0. The van der Waals surface area contributed by atoms with Gasteiger partial charge in [-0.2, -0.15) is 5.26 Å². The third-order valence-corrected chi connectivity index (χ3v) is 2.43. The largest absolute Gasteiger partial charge is 0.385 e. The van der Waals surface area contributed by atoms with Gasteiger partial charge >= 0.3 is 0 Å². The van der Waals surface area contributed by atoms with Crippen molar-refractivity contribution in [1.82, 2.24) is 5.32 Å². The second-order valence-electron chi connectivity index (χ2n) is 4.55. The number of ether oxygens (including phenoxy) is 1. The van der Waals surface area contributed by atoms with Crippen LogP contribution in [0.3, 0.4) is 0 Å². The van der Waals surface area contributed by atoms with E-state index in [1.165, 1.54) is 12.8 Å². The molecule has 0 aromatic heterocycles. The minimum Gasteiger partial charge on any atom is -0.385 e. The summed E-state index contributed by atoms with van der Waals surface area (Å²) in [6.07, 6.45) is 4.46. The molecule has 0 amide bonds. The molecule has 15 heavy (non-hydrogen) atoms. The van der Waals surface area contributed by atoms with E-state index < -0.39 is 0 Å². The fourth-order valence-corrected chi connectivity index (χ4v) is 1.25. The van der Waals surface area contributed by atoms with Crippen LogP contribution >= 0.6 is 0 Å². The standard InChI is InChI=1S/C12H24N2O/c1-12(2,11-13)7-9-14-8-5-4-6-10-15-3/h14H,4-10H2,1-3H3. The quantitative estimate of drug-likeness (QED) is 0.597. The van der Waals surface area contributed by atoms with Gasteiger partial charge in [0.2, 0.25) is 0 Å². The molecule has 3 nitrogen and oxygen atoms in total. The molecule has 0 spiro atoms. The van der Waals surface area contributed by atoms with Crippen LogP contribution in [-0.2, 0) is 4.74 Å². The molecule has 0 aliphatic carbocycles. The molecule has 0 aliphatic rings. The van der Waals surface area contributed by atoms with Gasteiger partial charge in [0.15, 0.2) is 0 Å². The Morgan fingerprint density at radius 3 is 2.53 bits per heavy atom. The zero-order valence-electron chi connectivity index (χ0n) is 10.3. The smallest absolute Gasteiger partial charge is 0.0684 e. The average molecular weight is 212 g/mol. The Morgan fingerprint density at radius 1 is 1.20 bits per heavy atom. The van der Waals surface area contributed by atoms with Crippen molar-refractivity contribution in [1.29, 1.82) is 5.26 Å². The lowest BCUT2D eigenvalue weighted by Crippen LogP contribution is -2.22. The lowest BCUT2D eigenvalue weighted by molar-refractivity contribution is 0.192. The monoisotopic (exact) mass is 212 g/mol. The first-order valence-electron chi connectivity index (χ1n) is 5.73. The number of methoxy groups -OCH3 is 1. The van der Waals surface area contributed by atoms with Crippen molar-refractivity contribution in [3.8, 4) is 6.07 Å². The molecule has 0 heterocycles. The maximum atomic E-state index is 8.80. The lowest BCUT2D eigenvalue weighted by Gasteiger charge is -2.14. The SMILES string of the molecule is COCCCCCNCCC(C)(C)C#N. The van der Waals surface area contributed by atoms with Crippen LogP contribution in [0.15, 0.2) is 0 Å². The molecular weight excluding hydrogens is 188 g/mol. The van der Waals surface area contributed by atoms with Crippen LogP contribution in [0.1, 0.15) is 39.5 Å². The maximum Gasteiger partial charge on any atom is 0.0684 e. The van der Waals surface area contributed by atoms with Crippen molar-refractivity contribution < 1.29 is 4.74 Å². The van der Waals surface area contributed by atoms with Gasteiger partial charge in [0.25, 0.3) is 0 Å². The zero-order valence-corrected chi connectivity index (χ0v) is 10.3. The lowest BCUT2D eigenvalue weighted by atomic mass is 9.91. The second kappa shape index (κ2) is 8.70. The van der Waals surface area contributed by atoms with E-state index in [0.29, 0.717) is 0 Å². The minimum absolute atomic E-state index is 0.191. The third kappa shape index (κ3) is 9.71. The van der Waals surface area contributed by atoms with E-state index in [1.54, 1.807) is 7.11 Å². The van der Waals surface area contributed by atoms with Crippen molar-refractivity contribution in [2.24, 2.45) is 5.41 Å². The summed E-state index contributed by atoms with van der Waals surface area (Å²) in [7, 11) is 1.74. The molecule has 3 heteroatoms. The fraction of sp³-hybridized carbons (Fsp3) is 0.917. The summed E-state index contributed by atoms with van der Waals surface area (Å²) in [5.41, 5.74) is -0.191. The molecule has 0 aromatic carbocycles. The highest BCUT2D eigenvalue weighted by Crippen LogP contribution is 2.16. The molecule has 0 rings (SSSR count). The van der Waals surface area contributed by atoms with Gasteiger partial charge in [0.05, 0.1) is 11.5 Å². The predicted octanol–water partition coefficient (Wildman–Crippen LogP) is 2.33. The Morgan fingerprint density at radius 2 is 1.93 bits per heavy atom. The molecule has 0 unspecified atom stereocenters. The van der Waals surface area contributed by atoms with E-state index >= 15 is 0 Å². The van der Waals surface area contributed by atoms with Crippen LogP contribution in [-0.4, -0.2) is 26.8 Å². The van der Waals surface area contributed by atoms with Crippen LogP contribution in [0.2, 0.25) is 0 Å². The van der Waals surface area contributed by atoms with E-state index in [2.05, 4.69) is 11.4 Å². The van der Waals surface area contributed by atoms with Gasteiger partial charge in [0.1, 0.15) is 0 Å². The van der Waals surface area contributed by atoms with Crippen LogP contribution in [0.5, 0.6) is 0 Å². The maximum absolute atomic E-state index is 8.80. The molecule has 1 N–H and O–H groups in total. The molecule has 0 saturated heterocycles. The van der Waals surface area contributed by atoms with E-state index in [-0.39, 0.29) is 5.41 Å². The number of rotatable bonds is 9. The van der Waals surface area contributed by atoms with Gasteiger partial charge in [-0.05, 0) is 52.6 Å². The Labute approximate surface area is 93.8 Å². The molecule has 0 aliphatic heterocycles. The molecule has 0 bridgehead atoms. The fourth-order valence-electron chi connectivity index (χ4n) is 1.25. The molecule has 0 aromatic rings. The van der Waals surface area contributed by atoms with Crippen molar-refractivity contribution in [2.45, 2.75) is 39.5 Å². The van der Waals surface area contributed by atoms with E-state index in [9.17, 15) is 0 Å². The van der Waals surface area contributed by atoms with Gasteiger partial charge < -0.3 is 10.1 Å². The van der Waals surface area contributed by atoms with Crippen LogP contribution < -0.4 is 5.32 Å². The first-order valence-corrected chi connectivity index (χ1v) is 5.73. The summed E-state index contributed by atoms with van der Waals surface area (Å²) in [5, 5.41) is 12.2. The van der Waals surface area contributed by atoms with Gasteiger partial charge in [0, 0.05) is 13.7 Å². The Kier molecular flexibility index (Phi) is 8.35. The first kappa shape index (κ1) is 14.4. The topological polar surface area (TPSA) is 45.0 Å². The number of hydrogen-bond donors (Lipinski definition) is 1. The average Bonchev–Trinajstić information content (AvgIpc) is 2.22. The van der Waals surface area contributed by atoms with E-state index in [0.717, 1.165) is 32.5 Å². The van der Waals surface area contributed by atoms with Gasteiger partial charge in [-0.1, -0.05) is 0 Å². The van der Waals surface area contributed by atoms with Crippen LogP contribution in [0.4, 0.5) is 0 Å². The molecule has 88 valence electrons. The molecule has 0 saturated carbocycles. The van der Waals surface area contributed by atoms with Crippen molar-refractivity contribution in [3.05, 3.63) is 0 Å². The third-order valence-electron chi connectivity index (χ3n) is 2.43. The van der Waals surface area contributed by atoms with Gasteiger partial charge in [-0.3, -0.25) is 0 Å². The number of hydrogen-bond acceptors (Lipinski definition) is 3. The second-order valence-corrected chi connectivity index (χ2v) is 4.55. The number of nitrogens with one attached hydrogen (secondary N) is 1. The van der Waals surface area contributed by atoms with Crippen LogP contribution in [0, 0.1) is 16.7 Å². The highest BCUT2D eigenvalue weighted by atomic mass is 16.5. The number of nitrogens with zero attached hydrogens (tertiary/aromatic N) is 1. The normalized spacial score (nSPS) is 11.3. The van der Waals surface area contributed by atoms with E-state index in [1.807, 2.05) is 13.8 Å². The molecule has 0 fully saturated rings. The molecular formula is C12H24N2O. The summed E-state index contributed by atoms with van der Waals surface area (Å²) in [5.74, 6) is 0. The van der Waals surface area contributed by atoms with Crippen LogP contribution in [0.25, 0.3) is 0 Å². The Bertz CT molecular complexity index is 185. The minimum atomic E-state index is -0.191. The summed E-state index contributed by atoms with van der Waals surface area (Å²) in [6.45, 7) is 6.80. The van der Waals surface area contributed by atoms with Gasteiger partial charge in [-0.25, -0.2) is 0 Å². The summed E-state index contributed by atoms with van der Waals surface area (Å²) < 4.78 is 4.97.